The quantitative estimate of drug-likeness (QED) is 0.311. The summed E-state index contributed by atoms with van der Waals surface area (Å²) in [5.74, 6) is 0. The lowest BCUT2D eigenvalue weighted by molar-refractivity contribution is 0.147. The molecule has 1 nitrogen and oxygen atoms in total. The Balaban J connectivity index is 3.17. The Morgan fingerprint density at radius 3 is 2.05 bits per heavy atom. The molecule has 1 unspecified atom stereocenters. The van der Waals surface area contributed by atoms with E-state index in [1.54, 1.807) is 0 Å². The summed E-state index contributed by atoms with van der Waals surface area (Å²) in [5.41, 5.74) is 0. The van der Waals surface area contributed by atoms with Crippen LogP contribution < -0.4 is 0 Å². The minimum absolute atomic E-state index is 0.0534. The highest BCUT2D eigenvalue weighted by Crippen LogP contribution is 2.13. The first-order valence-electron chi connectivity index (χ1n) is 8.26. The van der Waals surface area contributed by atoms with E-state index in [0.29, 0.717) is 0 Å². The maximum absolute atomic E-state index is 9.86. The average Bonchev–Trinajstić information content (AvgIpc) is 2.41. The van der Waals surface area contributed by atoms with Crippen molar-refractivity contribution < 1.29 is 5.11 Å². The first kappa shape index (κ1) is 18.4. The fourth-order valence-corrected chi connectivity index (χ4v) is 2.32. The normalized spacial score (nSPS) is 12.9. The molecule has 0 rings (SSSR count). The topological polar surface area (TPSA) is 20.2 Å². The predicted molar refractivity (Wildman–Crippen MR) is 86.4 cm³/mol. The van der Waals surface area contributed by atoms with Gasteiger partial charge in [0.15, 0.2) is 0 Å². The van der Waals surface area contributed by atoms with Gasteiger partial charge in [0.1, 0.15) is 0 Å². The van der Waals surface area contributed by atoms with Gasteiger partial charge >= 0.3 is 0 Å². The van der Waals surface area contributed by atoms with Crippen LogP contribution in [0.15, 0.2) is 24.8 Å². The second-order valence-corrected chi connectivity index (χ2v) is 5.51. The summed E-state index contributed by atoms with van der Waals surface area (Å²) < 4.78 is 0. The first-order valence-corrected chi connectivity index (χ1v) is 8.26. The number of allylic oxidation sites excluding steroid dienone is 3. The molecule has 0 aliphatic rings. The molecule has 112 valence electrons. The SMILES string of the molecule is C=C/C=C/CCCCCCC(O)CCCCCCC. The molecule has 0 aromatic carbocycles. The molecule has 0 fully saturated rings. The third-order valence-corrected chi connectivity index (χ3v) is 3.57. The third kappa shape index (κ3) is 15.4. The fourth-order valence-electron chi connectivity index (χ4n) is 2.32. The number of hydrogen-bond donors (Lipinski definition) is 1. The van der Waals surface area contributed by atoms with Crippen LogP contribution in [0.4, 0.5) is 0 Å². The van der Waals surface area contributed by atoms with Crippen LogP contribution in [0.1, 0.15) is 84.0 Å². The van der Waals surface area contributed by atoms with Crippen molar-refractivity contribution in [3.05, 3.63) is 24.8 Å². The standard InChI is InChI=1S/C18H34O/c1-3-5-7-9-10-11-13-15-17-18(19)16-14-12-8-6-4-2/h3,5,7,18-19H,1,4,6,8-17H2,2H3/b7-5+. The number of aliphatic hydroxyl groups excluding tert-OH is 1. The van der Waals surface area contributed by atoms with Crippen molar-refractivity contribution >= 4 is 0 Å². The van der Waals surface area contributed by atoms with Crippen LogP contribution in [0.3, 0.4) is 0 Å². The Kier molecular flexibility index (Phi) is 15.0. The van der Waals surface area contributed by atoms with Gasteiger partial charge in [-0.25, -0.2) is 0 Å². The van der Waals surface area contributed by atoms with Crippen molar-refractivity contribution in [1.29, 1.82) is 0 Å². The van der Waals surface area contributed by atoms with Gasteiger partial charge in [-0.3, -0.25) is 0 Å². The number of unbranched alkanes of at least 4 members (excludes halogenated alkanes) is 8. The predicted octanol–water partition coefficient (Wildman–Crippen LogP) is 5.79. The van der Waals surface area contributed by atoms with Crippen molar-refractivity contribution in [2.75, 3.05) is 0 Å². The molecule has 1 heteroatoms. The fraction of sp³-hybridized carbons (Fsp3) is 0.778. The zero-order valence-corrected chi connectivity index (χ0v) is 12.9. The molecule has 1 N–H and O–H groups in total. The molecule has 19 heavy (non-hydrogen) atoms. The van der Waals surface area contributed by atoms with E-state index >= 15 is 0 Å². The molecule has 0 saturated carbocycles. The molecular weight excluding hydrogens is 232 g/mol. The van der Waals surface area contributed by atoms with E-state index in [2.05, 4.69) is 19.6 Å². The summed E-state index contributed by atoms with van der Waals surface area (Å²) in [5, 5.41) is 9.86. The monoisotopic (exact) mass is 266 g/mol. The highest BCUT2D eigenvalue weighted by atomic mass is 16.3. The Hall–Kier alpha value is -0.560. The van der Waals surface area contributed by atoms with Crippen LogP contribution in [0, 0.1) is 0 Å². The largest absolute Gasteiger partial charge is 0.393 e. The van der Waals surface area contributed by atoms with Crippen LogP contribution in [0.5, 0.6) is 0 Å². The van der Waals surface area contributed by atoms with E-state index in [-0.39, 0.29) is 6.10 Å². The van der Waals surface area contributed by atoms with E-state index < -0.39 is 0 Å². The molecule has 0 radical (unpaired) electrons. The maximum atomic E-state index is 9.86. The Morgan fingerprint density at radius 1 is 0.895 bits per heavy atom. The zero-order chi connectivity index (χ0) is 14.2. The summed E-state index contributed by atoms with van der Waals surface area (Å²) >= 11 is 0. The van der Waals surface area contributed by atoms with Crippen LogP contribution in [0.2, 0.25) is 0 Å². The van der Waals surface area contributed by atoms with Gasteiger partial charge in [-0.15, -0.1) is 0 Å². The molecule has 0 aliphatic carbocycles. The molecule has 0 amide bonds. The van der Waals surface area contributed by atoms with Gasteiger partial charge in [0, 0.05) is 0 Å². The van der Waals surface area contributed by atoms with Crippen LogP contribution in [-0.2, 0) is 0 Å². The molecule has 1 atom stereocenters. The summed E-state index contributed by atoms with van der Waals surface area (Å²) in [6, 6.07) is 0. The van der Waals surface area contributed by atoms with Crippen molar-refractivity contribution in [2.24, 2.45) is 0 Å². The smallest absolute Gasteiger partial charge is 0.0540 e. The summed E-state index contributed by atoms with van der Waals surface area (Å²) in [6.45, 7) is 5.89. The molecule has 0 aromatic rings. The van der Waals surface area contributed by atoms with E-state index in [1.807, 2.05) is 12.2 Å². The third-order valence-electron chi connectivity index (χ3n) is 3.57. The van der Waals surface area contributed by atoms with Gasteiger partial charge < -0.3 is 5.11 Å². The number of rotatable bonds is 14. The van der Waals surface area contributed by atoms with Gasteiger partial charge in [0.2, 0.25) is 0 Å². The Bertz CT molecular complexity index is 208. The van der Waals surface area contributed by atoms with Gasteiger partial charge in [0.05, 0.1) is 6.10 Å². The second-order valence-electron chi connectivity index (χ2n) is 5.51. The number of hydrogen-bond acceptors (Lipinski definition) is 1. The maximum Gasteiger partial charge on any atom is 0.0540 e. The van der Waals surface area contributed by atoms with Crippen molar-refractivity contribution in [3.8, 4) is 0 Å². The number of aliphatic hydroxyl groups is 1. The van der Waals surface area contributed by atoms with Crippen LogP contribution in [0.25, 0.3) is 0 Å². The van der Waals surface area contributed by atoms with E-state index in [4.69, 9.17) is 0 Å². The zero-order valence-electron chi connectivity index (χ0n) is 12.9. The highest BCUT2D eigenvalue weighted by molar-refractivity contribution is 4.96. The average molecular weight is 266 g/mol. The summed E-state index contributed by atoms with van der Waals surface area (Å²) in [6.07, 6.45) is 20.6. The highest BCUT2D eigenvalue weighted by Gasteiger charge is 2.03. The van der Waals surface area contributed by atoms with Gasteiger partial charge in [0.25, 0.3) is 0 Å². The van der Waals surface area contributed by atoms with Crippen molar-refractivity contribution in [3.63, 3.8) is 0 Å². The molecule has 0 aromatic heterocycles. The summed E-state index contributed by atoms with van der Waals surface area (Å²) in [7, 11) is 0. The Labute approximate surface area is 120 Å². The minimum atomic E-state index is -0.0534. The summed E-state index contributed by atoms with van der Waals surface area (Å²) in [4.78, 5) is 0. The van der Waals surface area contributed by atoms with Gasteiger partial charge in [-0.1, -0.05) is 83.1 Å². The van der Waals surface area contributed by atoms with Gasteiger partial charge in [-0.05, 0) is 25.7 Å². The van der Waals surface area contributed by atoms with Crippen LogP contribution in [-0.4, -0.2) is 11.2 Å². The molecular formula is C18H34O. The van der Waals surface area contributed by atoms with E-state index in [9.17, 15) is 5.11 Å². The molecule has 0 spiro atoms. The molecule has 0 bridgehead atoms. The van der Waals surface area contributed by atoms with Gasteiger partial charge in [-0.2, -0.15) is 0 Å². The lowest BCUT2D eigenvalue weighted by atomic mass is 10.0. The van der Waals surface area contributed by atoms with Crippen LogP contribution >= 0.6 is 0 Å². The van der Waals surface area contributed by atoms with E-state index in [0.717, 1.165) is 19.3 Å². The molecule has 0 heterocycles. The minimum Gasteiger partial charge on any atom is -0.393 e. The van der Waals surface area contributed by atoms with Crippen molar-refractivity contribution in [1.82, 2.24) is 0 Å². The molecule has 0 aliphatic heterocycles. The van der Waals surface area contributed by atoms with Crippen molar-refractivity contribution in [2.45, 2.75) is 90.1 Å². The Morgan fingerprint density at radius 2 is 1.47 bits per heavy atom. The lowest BCUT2D eigenvalue weighted by Gasteiger charge is -2.10. The van der Waals surface area contributed by atoms with E-state index in [1.165, 1.54) is 57.8 Å². The lowest BCUT2D eigenvalue weighted by Crippen LogP contribution is -2.05. The first-order chi connectivity index (χ1) is 9.31. The second kappa shape index (κ2) is 15.5. The molecule has 0 saturated heterocycles.